The molecule has 1 aliphatic rings. The summed E-state index contributed by atoms with van der Waals surface area (Å²) in [6.45, 7) is 2.70. The van der Waals surface area contributed by atoms with Crippen LogP contribution in [0.1, 0.15) is 36.8 Å². The average molecular weight is 538 g/mol. The molecule has 6 rings (SSSR count). The van der Waals surface area contributed by atoms with Crippen LogP contribution in [0.15, 0.2) is 115 Å². The molecular formula is C36H31N3O2. The maximum atomic E-state index is 14.8. The van der Waals surface area contributed by atoms with E-state index >= 15 is 0 Å². The number of hydrogen-bond acceptors (Lipinski definition) is 3. The van der Waals surface area contributed by atoms with Crippen molar-refractivity contribution in [1.29, 1.82) is 0 Å². The van der Waals surface area contributed by atoms with E-state index in [4.69, 9.17) is 0 Å². The molecule has 1 aliphatic carbocycles. The molecule has 0 radical (unpaired) electrons. The number of carbonyl (C=O) groups excluding carboxylic acids is 2. The quantitative estimate of drug-likeness (QED) is 0.194. The standard InChI is InChI=1S/C36H31N3O2/c1-2-3-22-39(26-20-21-33(37-23-26)38-24-40)36(41)35-32-17-10-9-16-29(32)31-19-11-18-30(34(31)35)28-15-8-7-14-27(28)25-12-5-4-6-13-25/h4-21,23-24,35H,2-3,22H2,1H3,(H,37,38,40). The van der Waals surface area contributed by atoms with E-state index in [1.807, 2.05) is 29.2 Å². The zero-order valence-electron chi connectivity index (χ0n) is 23.0. The van der Waals surface area contributed by atoms with E-state index in [1.54, 1.807) is 12.3 Å². The van der Waals surface area contributed by atoms with Crippen molar-refractivity contribution in [1.82, 2.24) is 4.98 Å². The summed E-state index contributed by atoms with van der Waals surface area (Å²) in [6, 6.07) is 37.0. The number of rotatable bonds is 9. The van der Waals surface area contributed by atoms with Gasteiger partial charge in [0, 0.05) is 6.54 Å². The molecule has 1 aromatic heterocycles. The number of hydrogen-bond donors (Lipinski definition) is 1. The van der Waals surface area contributed by atoms with Gasteiger partial charge >= 0.3 is 0 Å². The minimum absolute atomic E-state index is 0.0205. The lowest BCUT2D eigenvalue weighted by Crippen LogP contribution is -2.36. The third kappa shape index (κ3) is 4.91. The zero-order valence-corrected chi connectivity index (χ0v) is 23.0. The fourth-order valence-electron chi connectivity index (χ4n) is 5.87. The molecule has 0 fully saturated rings. The number of pyridine rings is 1. The molecule has 5 aromatic rings. The highest BCUT2D eigenvalue weighted by atomic mass is 16.2. The number of nitrogens with zero attached hydrogens (tertiary/aromatic N) is 2. The van der Waals surface area contributed by atoms with Crippen LogP contribution in [0.4, 0.5) is 11.5 Å². The number of benzene rings is 4. The number of unbranched alkanes of at least 4 members (excludes halogenated alkanes) is 1. The summed E-state index contributed by atoms with van der Waals surface area (Å²) in [4.78, 5) is 31.9. The molecule has 0 aliphatic heterocycles. The van der Waals surface area contributed by atoms with Gasteiger partial charge in [-0.15, -0.1) is 0 Å². The van der Waals surface area contributed by atoms with Gasteiger partial charge in [-0.3, -0.25) is 9.59 Å². The maximum absolute atomic E-state index is 14.8. The summed E-state index contributed by atoms with van der Waals surface area (Å²) in [5.74, 6) is 0.000976. The number of nitrogens with one attached hydrogen (secondary N) is 1. The minimum atomic E-state index is -0.467. The second kappa shape index (κ2) is 11.6. The van der Waals surface area contributed by atoms with Crippen molar-refractivity contribution in [3.63, 3.8) is 0 Å². The minimum Gasteiger partial charge on any atom is -0.313 e. The van der Waals surface area contributed by atoms with Gasteiger partial charge in [0.1, 0.15) is 5.82 Å². The Morgan fingerprint density at radius 3 is 2.15 bits per heavy atom. The van der Waals surface area contributed by atoms with E-state index in [1.165, 1.54) is 0 Å². The Bertz CT molecular complexity index is 1700. The van der Waals surface area contributed by atoms with E-state index in [2.05, 4.69) is 96.1 Å². The lowest BCUT2D eigenvalue weighted by Gasteiger charge is -2.28. The monoisotopic (exact) mass is 537 g/mol. The normalized spacial score (nSPS) is 13.2. The van der Waals surface area contributed by atoms with Crippen LogP contribution in [0.2, 0.25) is 0 Å². The first kappa shape index (κ1) is 26.2. The fraction of sp³-hybridized carbons (Fsp3) is 0.139. The summed E-state index contributed by atoms with van der Waals surface area (Å²) < 4.78 is 0. The van der Waals surface area contributed by atoms with E-state index in [0.717, 1.165) is 57.3 Å². The van der Waals surface area contributed by atoms with Crippen LogP contribution in [0.5, 0.6) is 0 Å². The van der Waals surface area contributed by atoms with Crippen molar-refractivity contribution in [2.75, 3.05) is 16.8 Å². The van der Waals surface area contributed by atoms with Gasteiger partial charge in [0.15, 0.2) is 0 Å². The SMILES string of the molecule is CCCCN(C(=O)C1c2ccccc2-c2cccc(-c3ccccc3-c3ccccc3)c21)c1ccc(NC=O)nc1. The number of carbonyl (C=O) groups is 2. The molecule has 0 saturated heterocycles. The predicted molar refractivity (Wildman–Crippen MR) is 166 cm³/mol. The lowest BCUT2D eigenvalue weighted by atomic mass is 9.85. The zero-order chi connectivity index (χ0) is 28.2. The van der Waals surface area contributed by atoms with Crippen LogP contribution < -0.4 is 10.2 Å². The summed E-state index contributed by atoms with van der Waals surface area (Å²) in [7, 11) is 0. The highest BCUT2D eigenvalue weighted by Gasteiger charge is 2.38. The topological polar surface area (TPSA) is 62.3 Å². The van der Waals surface area contributed by atoms with Gasteiger partial charge < -0.3 is 10.2 Å². The van der Waals surface area contributed by atoms with Gasteiger partial charge in [-0.05, 0) is 63.1 Å². The van der Waals surface area contributed by atoms with Crippen molar-refractivity contribution >= 4 is 23.8 Å². The molecule has 1 heterocycles. The number of fused-ring (bicyclic) bond motifs is 3. The van der Waals surface area contributed by atoms with Gasteiger partial charge in [0.25, 0.3) is 0 Å². The largest absolute Gasteiger partial charge is 0.313 e. The Hall–Kier alpha value is -5.03. The Kier molecular flexibility index (Phi) is 7.42. The van der Waals surface area contributed by atoms with Gasteiger partial charge in [-0.25, -0.2) is 4.98 Å². The molecule has 0 spiro atoms. The molecule has 1 N–H and O–H groups in total. The number of amides is 2. The van der Waals surface area contributed by atoms with E-state index in [0.29, 0.717) is 24.5 Å². The summed E-state index contributed by atoms with van der Waals surface area (Å²) in [5.41, 5.74) is 9.41. The van der Waals surface area contributed by atoms with Crippen LogP contribution in [0.3, 0.4) is 0 Å². The van der Waals surface area contributed by atoms with Crippen LogP contribution in [-0.4, -0.2) is 23.8 Å². The molecular weight excluding hydrogens is 506 g/mol. The van der Waals surface area contributed by atoms with Gasteiger partial charge in [-0.2, -0.15) is 0 Å². The van der Waals surface area contributed by atoms with Crippen LogP contribution >= 0.6 is 0 Å². The molecule has 41 heavy (non-hydrogen) atoms. The molecule has 4 aromatic carbocycles. The number of anilines is 2. The molecule has 2 amide bonds. The Balaban J connectivity index is 1.51. The van der Waals surface area contributed by atoms with Crippen LogP contribution in [0, 0.1) is 0 Å². The molecule has 0 saturated carbocycles. The molecule has 1 unspecified atom stereocenters. The molecule has 1 atom stereocenters. The van der Waals surface area contributed by atoms with Crippen LogP contribution in [-0.2, 0) is 9.59 Å². The first-order chi connectivity index (χ1) is 20.2. The van der Waals surface area contributed by atoms with Crippen molar-refractivity contribution in [3.8, 4) is 33.4 Å². The van der Waals surface area contributed by atoms with E-state index < -0.39 is 5.92 Å². The molecule has 202 valence electrons. The van der Waals surface area contributed by atoms with Gasteiger partial charge in [0.2, 0.25) is 12.3 Å². The Morgan fingerprint density at radius 2 is 1.44 bits per heavy atom. The third-order valence-corrected chi connectivity index (χ3v) is 7.77. The first-order valence-electron chi connectivity index (χ1n) is 14.1. The van der Waals surface area contributed by atoms with Gasteiger partial charge in [-0.1, -0.05) is 110 Å². The molecule has 0 bridgehead atoms. The molecule has 5 nitrogen and oxygen atoms in total. The van der Waals surface area contributed by atoms with E-state index in [9.17, 15) is 9.59 Å². The Labute approximate surface area is 240 Å². The van der Waals surface area contributed by atoms with Crippen molar-refractivity contribution in [3.05, 3.63) is 127 Å². The third-order valence-electron chi connectivity index (χ3n) is 7.77. The summed E-state index contributed by atoms with van der Waals surface area (Å²) >= 11 is 0. The maximum Gasteiger partial charge on any atom is 0.239 e. The highest BCUT2D eigenvalue weighted by Crippen LogP contribution is 2.50. The number of aromatic nitrogens is 1. The fourth-order valence-corrected chi connectivity index (χ4v) is 5.87. The Morgan fingerprint density at radius 1 is 0.780 bits per heavy atom. The highest BCUT2D eigenvalue weighted by molar-refractivity contribution is 6.07. The lowest BCUT2D eigenvalue weighted by molar-refractivity contribution is -0.119. The van der Waals surface area contributed by atoms with Crippen molar-refractivity contribution in [2.24, 2.45) is 0 Å². The summed E-state index contributed by atoms with van der Waals surface area (Å²) in [5, 5.41) is 2.58. The van der Waals surface area contributed by atoms with Crippen molar-refractivity contribution in [2.45, 2.75) is 25.7 Å². The predicted octanol–water partition coefficient (Wildman–Crippen LogP) is 7.93. The van der Waals surface area contributed by atoms with Crippen molar-refractivity contribution < 1.29 is 9.59 Å². The first-order valence-corrected chi connectivity index (χ1v) is 14.1. The summed E-state index contributed by atoms with van der Waals surface area (Å²) in [6.07, 6.45) is 4.08. The van der Waals surface area contributed by atoms with Gasteiger partial charge in [0.05, 0.1) is 17.8 Å². The smallest absolute Gasteiger partial charge is 0.239 e. The van der Waals surface area contributed by atoms with Crippen LogP contribution in [0.25, 0.3) is 33.4 Å². The molecule has 5 heteroatoms. The second-order valence-electron chi connectivity index (χ2n) is 10.2. The average Bonchev–Trinajstić information content (AvgIpc) is 3.37. The van der Waals surface area contributed by atoms with E-state index in [-0.39, 0.29) is 5.91 Å². The second-order valence-corrected chi connectivity index (χ2v) is 10.2.